The Kier molecular flexibility index (Phi) is 6.63. The van der Waals surface area contributed by atoms with E-state index in [0.717, 1.165) is 37.7 Å². The van der Waals surface area contributed by atoms with Crippen LogP contribution in [0.2, 0.25) is 0 Å². The van der Waals surface area contributed by atoms with Gasteiger partial charge in [-0.1, -0.05) is 38.0 Å². The van der Waals surface area contributed by atoms with Gasteiger partial charge in [0.15, 0.2) is 0 Å². The van der Waals surface area contributed by atoms with E-state index in [2.05, 4.69) is 35.8 Å². The third-order valence-corrected chi connectivity index (χ3v) is 4.49. The first kappa shape index (κ1) is 17.5. The van der Waals surface area contributed by atoms with Gasteiger partial charge in [0.1, 0.15) is 0 Å². The summed E-state index contributed by atoms with van der Waals surface area (Å²) >= 11 is 0. The van der Waals surface area contributed by atoms with Crippen molar-refractivity contribution in [2.24, 2.45) is 0 Å². The largest absolute Gasteiger partial charge is 0.348 e. The van der Waals surface area contributed by atoms with Gasteiger partial charge >= 0.3 is 11.8 Å². The Morgan fingerprint density at radius 2 is 1.83 bits per heavy atom. The number of fused-ring (bicyclic) bond motifs is 1. The summed E-state index contributed by atoms with van der Waals surface area (Å²) < 4.78 is 0. The Morgan fingerprint density at radius 1 is 1.09 bits per heavy atom. The smallest absolute Gasteiger partial charge is 0.309 e. The average molecular weight is 316 g/mol. The molecule has 126 valence electrons. The van der Waals surface area contributed by atoms with Crippen LogP contribution in [0.15, 0.2) is 18.2 Å². The SMILES string of the molecule is CCCCCNC(=O)C(=O)NC(C)c1ccc2c(c1)CCCC2. The van der Waals surface area contributed by atoms with Crippen LogP contribution in [0.25, 0.3) is 0 Å². The van der Waals surface area contributed by atoms with E-state index in [1.54, 1.807) is 0 Å². The van der Waals surface area contributed by atoms with E-state index in [-0.39, 0.29) is 6.04 Å². The summed E-state index contributed by atoms with van der Waals surface area (Å²) in [5.74, 6) is -1.09. The zero-order valence-corrected chi connectivity index (χ0v) is 14.3. The molecule has 2 amide bonds. The van der Waals surface area contributed by atoms with Crippen LogP contribution in [-0.4, -0.2) is 18.4 Å². The molecule has 1 aliphatic rings. The topological polar surface area (TPSA) is 58.2 Å². The number of aryl methyl sites for hydroxylation is 2. The van der Waals surface area contributed by atoms with Gasteiger partial charge in [-0.05, 0) is 55.7 Å². The summed E-state index contributed by atoms with van der Waals surface area (Å²) in [6.07, 6.45) is 7.83. The summed E-state index contributed by atoms with van der Waals surface area (Å²) in [4.78, 5) is 23.7. The van der Waals surface area contributed by atoms with Gasteiger partial charge in [-0.15, -0.1) is 0 Å². The van der Waals surface area contributed by atoms with Gasteiger partial charge in [0.2, 0.25) is 0 Å². The first-order valence-electron chi connectivity index (χ1n) is 8.82. The fourth-order valence-electron chi connectivity index (χ4n) is 3.03. The van der Waals surface area contributed by atoms with Crippen LogP contribution in [0.1, 0.15) is 68.7 Å². The molecule has 0 heterocycles. The first-order valence-corrected chi connectivity index (χ1v) is 8.82. The van der Waals surface area contributed by atoms with E-state index in [9.17, 15) is 9.59 Å². The van der Waals surface area contributed by atoms with Crippen molar-refractivity contribution in [3.8, 4) is 0 Å². The highest BCUT2D eigenvalue weighted by Crippen LogP contribution is 2.24. The number of rotatable bonds is 6. The molecule has 0 spiro atoms. The lowest BCUT2D eigenvalue weighted by Gasteiger charge is -2.20. The van der Waals surface area contributed by atoms with Gasteiger partial charge in [-0.25, -0.2) is 0 Å². The second-order valence-corrected chi connectivity index (χ2v) is 6.39. The molecular formula is C19H28N2O2. The van der Waals surface area contributed by atoms with Crippen molar-refractivity contribution in [2.45, 2.75) is 64.8 Å². The normalized spacial score (nSPS) is 14.7. The molecule has 0 bridgehead atoms. The summed E-state index contributed by atoms with van der Waals surface area (Å²) in [5.41, 5.74) is 3.88. The molecule has 0 saturated heterocycles. The zero-order valence-electron chi connectivity index (χ0n) is 14.3. The number of nitrogens with one attached hydrogen (secondary N) is 2. The van der Waals surface area contributed by atoms with Crippen molar-refractivity contribution in [1.82, 2.24) is 10.6 Å². The number of hydrogen-bond acceptors (Lipinski definition) is 2. The maximum atomic E-state index is 12.0. The van der Waals surface area contributed by atoms with Crippen molar-refractivity contribution in [2.75, 3.05) is 6.54 Å². The molecule has 0 fully saturated rings. The maximum Gasteiger partial charge on any atom is 0.309 e. The molecule has 4 nitrogen and oxygen atoms in total. The molecule has 0 saturated carbocycles. The van der Waals surface area contributed by atoms with Crippen LogP contribution in [-0.2, 0) is 22.4 Å². The van der Waals surface area contributed by atoms with E-state index in [1.165, 1.54) is 24.0 Å². The second-order valence-electron chi connectivity index (χ2n) is 6.39. The van der Waals surface area contributed by atoms with Gasteiger partial charge in [0, 0.05) is 6.54 Å². The number of carbonyl (C=O) groups excluding carboxylic acids is 2. The second kappa shape index (κ2) is 8.70. The molecule has 1 aromatic carbocycles. The third kappa shape index (κ3) is 5.08. The van der Waals surface area contributed by atoms with Gasteiger partial charge in [-0.3, -0.25) is 9.59 Å². The Hall–Kier alpha value is -1.84. The van der Waals surface area contributed by atoms with Crippen LogP contribution in [0.4, 0.5) is 0 Å². The minimum atomic E-state index is -0.549. The van der Waals surface area contributed by atoms with Gasteiger partial charge in [0.05, 0.1) is 6.04 Å². The number of unbranched alkanes of at least 4 members (excludes halogenated alkanes) is 2. The van der Waals surface area contributed by atoms with Crippen LogP contribution >= 0.6 is 0 Å². The third-order valence-electron chi connectivity index (χ3n) is 4.49. The summed E-state index contributed by atoms with van der Waals surface area (Å²) in [7, 11) is 0. The highest BCUT2D eigenvalue weighted by atomic mass is 16.2. The Bertz CT molecular complexity index is 554. The van der Waals surface area contributed by atoms with Crippen molar-refractivity contribution < 1.29 is 9.59 Å². The highest BCUT2D eigenvalue weighted by Gasteiger charge is 2.18. The van der Waals surface area contributed by atoms with Crippen LogP contribution in [0.5, 0.6) is 0 Å². The van der Waals surface area contributed by atoms with Crippen LogP contribution in [0.3, 0.4) is 0 Å². The number of benzene rings is 1. The van der Waals surface area contributed by atoms with E-state index >= 15 is 0 Å². The van der Waals surface area contributed by atoms with E-state index in [4.69, 9.17) is 0 Å². The molecule has 1 aromatic rings. The molecule has 4 heteroatoms. The van der Waals surface area contributed by atoms with E-state index in [1.807, 2.05) is 6.92 Å². The first-order chi connectivity index (χ1) is 11.1. The van der Waals surface area contributed by atoms with Crippen LogP contribution in [0, 0.1) is 0 Å². The summed E-state index contributed by atoms with van der Waals surface area (Å²) in [6, 6.07) is 6.25. The van der Waals surface area contributed by atoms with Crippen LogP contribution < -0.4 is 10.6 Å². The van der Waals surface area contributed by atoms with E-state index < -0.39 is 11.8 Å². The molecule has 2 rings (SSSR count). The fourth-order valence-corrected chi connectivity index (χ4v) is 3.03. The molecule has 1 atom stereocenters. The number of hydrogen-bond donors (Lipinski definition) is 2. The Balaban J connectivity index is 1.87. The Morgan fingerprint density at radius 3 is 2.57 bits per heavy atom. The monoisotopic (exact) mass is 316 g/mol. The number of amides is 2. The fraction of sp³-hybridized carbons (Fsp3) is 0.579. The van der Waals surface area contributed by atoms with Crippen molar-refractivity contribution in [1.29, 1.82) is 0 Å². The minimum Gasteiger partial charge on any atom is -0.348 e. The van der Waals surface area contributed by atoms with Gasteiger partial charge in [0.25, 0.3) is 0 Å². The number of carbonyl (C=O) groups is 2. The van der Waals surface area contributed by atoms with Crippen molar-refractivity contribution >= 4 is 11.8 Å². The maximum absolute atomic E-state index is 12.0. The predicted octanol–water partition coefficient (Wildman–Crippen LogP) is 3.05. The molecule has 2 N–H and O–H groups in total. The summed E-state index contributed by atoms with van der Waals surface area (Å²) in [6.45, 7) is 4.59. The summed E-state index contributed by atoms with van der Waals surface area (Å²) in [5, 5.41) is 5.47. The molecular weight excluding hydrogens is 288 g/mol. The van der Waals surface area contributed by atoms with Gasteiger partial charge in [-0.2, -0.15) is 0 Å². The molecule has 0 aliphatic heterocycles. The molecule has 1 unspecified atom stereocenters. The minimum absolute atomic E-state index is 0.156. The molecule has 1 aliphatic carbocycles. The highest BCUT2D eigenvalue weighted by molar-refractivity contribution is 6.35. The zero-order chi connectivity index (χ0) is 16.7. The quantitative estimate of drug-likeness (QED) is 0.626. The standard InChI is InChI=1S/C19H28N2O2/c1-3-4-7-12-20-18(22)19(23)21-14(2)16-11-10-15-8-5-6-9-17(15)13-16/h10-11,13-14H,3-9,12H2,1-2H3,(H,20,22)(H,21,23). The molecule has 0 radical (unpaired) electrons. The lowest BCUT2D eigenvalue weighted by molar-refractivity contribution is -0.139. The van der Waals surface area contributed by atoms with Gasteiger partial charge < -0.3 is 10.6 Å². The van der Waals surface area contributed by atoms with Crippen molar-refractivity contribution in [3.63, 3.8) is 0 Å². The molecule has 23 heavy (non-hydrogen) atoms. The Labute approximate surface area is 139 Å². The lowest BCUT2D eigenvalue weighted by atomic mass is 9.89. The molecule has 0 aromatic heterocycles. The predicted molar refractivity (Wildman–Crippen MR) is 92.2 cm³/mol. The average Bonchev–Trinajstić information content (AvgIpc) is 2.58. The van der Waals surface area contributed by atoms with Crippen molar-refractivity contribution in [3.05, 3.63) is 34.9 Å². The van der Waals surface area contributed by atoms with E-state index in [0.29, 0.717) is 6.54 Å². The lowest BCUT2D eigenvalue weighted by Crippen LogP contribution is -2.41.